The van der Waals surface area contributed by atoms with E-state index in [1.165, 1.54) is 0 Å². The van der Waals surface area contributed by atoms with Crippen LogP contribution in [-0.2, 0) is 0 Å². The van der Waals surface area contributed by atoms with Crippen LogP contribution in [0.5, 0.6) is 5.75 Å². The topological polar surface area (TPSA) is 61.9 Å². The molecule has 0 spiro atoms. The van der Waals surface area contributed by atoms with Crippen molar-refractivity contribution in [2.24, 2.45) is 0 Å². The van der Waals surface area contributed by atoms with Crippen molar-refractivity contribution >= 4 is 27.0 Å². The molecule has 0 aliphatic rings. The molecule has 0 fully saturated rings. The third kappa shape index (κ3) is 3.43. The number of halogens is 1. The molecule has 0 aliphatic heterocycles. The van der Waals surface area contributed by atoms with Crippen LogP contribution in [-0.4, -0.2) is 26.4 Å². The Morgan fingerprint density at radius 2 is 1.58 bits per heavy atom. The molecule has 5 rings (SSSR count). The predicted octanol–water partition coefficient (Wildman–Crippen LogP) is 5.01. The van der Waals surface area contributed by atoms with Crippen LogP contribution in [0.25, 0.3) is 33.8 Å². The van der Waals surface area contributed by atoms with Gasteiger partial charge in [-0.2, -0.15) is 5.10 Å². The summed E-state index contributed by atoms with van der Waals surface area (Å²) in [4.78, 5) is 18.5. The van der Waals surface area contributed by atoms with Crippen LogP contribution >= 0.6 is 15.9 Å². The fourth-order valence-electron chi connectivity index (χ4n) is 3.49. The van der Waals surface area contributed by atoms with Crippen LogP contribution in [0.4, 0.5) is 0 Å². The largest absolute Gasteiger partial charge is 0.497 e. The van der Waals surface area contributed by atoms with Gasteiger partial charge >= 0.3 is 0 Å². The summed E-state index contributed by atoms with van der Waals surface area (Å²) < 4.78 is 9.52. The molecule has 0 aliphatic carbocycles. The van der Waals surface area contributed by atoms with Gasteiger partial charge in [0.05, 0.1) is 24.7 Å². The van der Waals surface area contributed by atoms with E-state index in [0.717, 1.165) is 27.2 Å². The maximum atomic E-state index is 13.6. The lowest BCUT2D eigenvalue weighted by atomic mass is 10.2. The zero-order chi connectivity index (χ0) is 21.4. The van der Waals surface area contributed by atoms with Crippen molar-refractivity contribution in [2.45, 2.75) is 0 Å². The van der Waals surface area contributed by atoms with Crippen LogP contribution in [0, 0.1) is 0 Å². The number of ether oxygens (including phenoxy) is 1. The normalized spacial score (nSPS) is 11.0. The first-order valence-corrected chi connectivity index (χ1v) is 10.4. The second kappa shape index (κ2) is 7.85. The van der Waals surface area contributed by atoms with Gasteiger partial charge in [-0.1, -0.05) is 34.1 Å². The van der Waals surface area contributed by atoms with Crippen LogP contribution in [0.15, 0.2) is 94.3 Å². The molecule has 3 aromatic carbocycles. The van der Waals surface area contributed by atoms with Crippen molar-refractivity contribution in [3.8, 4) is 28.5 Å². The van der Waals surface area contributed by atoms with Crippen molar-refractivity contribution in [2.75, 3.05) is 7.11 Å². The minimum absolute atomic E-state index is 0.180. The van der Waals surface area contributed by atoms with E-state index < -0.39 is 0 Å². The van der Waals surface area contributed by atoms with Crippen molar-refractivity contribution in [1.82, 2.24) is 19.3 Å². The van der Waals surface area contributed by atoms with E-state index >= 15 is 0 Å². The van der Waals surface area contributed by atoms with Crippen LogP contribution in [0.3, 0.4) is 0 Å². The number of nitrogens with zero attached hydrogens (tertiary/aromatic N) is 4. The monoisotopic (exact) mass is 472 g/mol. The summed E-state index contributed by atoms with van der Waals surface area (Å²) in [5.41, 5.74) is 2.69. The van der Waals surface area contributed by atoms with Crippen molar-refractivity contribution < 1.29 is 4.74 Å². The Labute approximate surface area is 186 Å². The number of fused-ring (bicyclic) bond motifs is 1. The Kier molecular flexibility index (Phi) is 4.88. The molecule has 0 bridgehead atoms. The van der Waals surface area contributed by atoms with E-state index in [4.69, 9.17) is 9.72 Å². The highest BCUT2D eigenvalue weighted by atomic mass is 79.9. The second-order valence-corrected chi connectivity index (χ2v) is 7.83. The van der Waals surface area contributed by atoms with E-state index in [1.807, 2.05) is 78.9 Å². The van der Waals surface area contributed by atoms with E-state index in [0.29, 0.717) is 16.9 Å². The van der Waals surface area contributed by atoms with Gasteiger partial charge in [0.15, 0.2) is 5.65 Å². The molecule has 6 nitrogen and oxygen atoms in total. The molecular formula is C24H17BrN4O2. The molecule has 2 heterocycles. The summed E-state index contributed by atoms with van der Waals surface area (Å²) >= 11 is 3.45. The lowest BCUT2D eigenvalue weighted by Gasteiger charge is -2.14. The molecule has 5 aromatic rings. The Morgan fingerprint density at radius 1 is 0.871 bits per heavy atom. The van der Waals surface area contributed by atoms with E-state index in [9.17, 15) is 4.79 Å². The van der Waals surface area contributed by atoms with Gasteiger partial charge in [0.25, 0.3) is 5.56 Å². The molecule has 2 aromatic heterocycles. The predicted molar refractivity (Wildman–Crippen MR) is 124 cm³/mol. The Hall–Kier alpha value is -3.71. The molecule has 7 heteroatoms. The minimum Gasteiger partial charge on any atom is -0.497 e. The van der Waals surface area contributed by atoms with Gasteiger partial charge in [-0.25, -0.2) is 9.67 Å². The highest BCUT2D eigenvalue weighted by Gasteiger charge is 2.18. The van der Waals surface area contributed by atoms with E-state index in [2.05, 4.69) is 21.0 Å². The molecule has 0 unspecified atom stereocenters. The van der Waals surface area contributed by atoms with Gasteiger partial charge in [-0.05, 0) is 60.7 Å². The number of hydrogen-bond acceptors (Lipinski definition) is 4. The van der Waals surface area contributed by atoms with E-state index in [1.54, 1.807) is 22.6 Å². The molecule has 0 saturated carbocycles. The van der Waals surface area contributed by atoms with Crippen molar-refractivity contribution in [3.05, 3.63) is 99.9 Å². The number of aromatic nitrogens is 4. The third-order valence-electron chi connectivity index (χ3n) is 5.03. The smallest absolute Gasteiger partial charge is 0.269 e. The number of para-hydroxylation sites is 1. The highest BCUT2D eigenvalue weighted by molar-refractivity contribution is 9.10. The van der Waals surface area contributed by atoms with Gasteiger partial charge in [0.2, 0.25) is 0 Å². The number of methoxy groups -OCH3 is 1. The van der Waals surface area contributed by atoms with Gasteiger partial charge < -0.3 is 4.74 Å². The Balaban J connectivity index is 1.82. The first-order chi connectivity index (χ1) is 15.2. The molecule has 0 N–H and O–H groups in total. The lowest BCUT2D eigenvalue weighted by molar-refractivity contribution is 0.415. The maximum Gasteiger partial charge on any atom is 0.269 e. The number of hydrogen-bond donors (Lipinski definition) is 0. The van der Waals surface area contributed by atoms with Gasteiger partial charge in [0.1, 0.15) is 17.0 Å². The summed E-state index contributed by atoms with van der Waals surface area (Å²) in [5.74, 6) is 1.26. The van der Waals surface area contributed by atoms with Crippen molar-refractivity contribution in [3.63, 3.8) is 0 Å². The summed E-state index contributed by atoms with van der Waals surface area (Å²) in [5, 5.41) is 4.90. The third-order valence-corrected chi connectivity index (χ3v) is 5.56. The summed E-state index contributed by atoms with van der Waals surface area (Å²) in [7, 11) is 1.62. The number of benzene rings is 3. The standard InChI is InChI=1S/C24H17BrN4O2/c1-31-20-13-7-16(8-14-20)22-27-23-21(15-26-29(23)19-5-3-2-4-6-19)24(30)28(22)18-11-9-17(25)10-12-18/h2-15H,1H3. The van der Waals surface area contributed by atoms with Crippen LogP contribution in [0.2, 0.25) is 0 Å². The Bertz CT molecular complexity index is 1420. The average Bonchev–Trinajstić information content (AvgIpc) is 3.25. The minimum atomic E-state index is -0.180. The fraction of sp³-hybridized carbons (Fsp3) is 0.0417. The zero-order valence-electron chi connectivity index (χ0n) is 16.6. The zero-order valence-corrected chi connectivity index (χ0v) is 18.2. The molecule has 0 radical (unpaired) electrons. The molecular weight excluding hydrogens is 456 g/mol. The first-order valence-electron chi connectivity index (χ1n) is 9.62. The molecule has 0 atom stereocenters. The number of rotatable bonds is 4. The second-order valence-electron chi connectivity index (χ2n) is 6.91. The molecule has 152 valence electrons. The molecule has 0 saturated heterocycles. The summed E-state index contributed by atoms with van der Waals surface area (Å²) in [6, 6.07) is 24.7. The Morgan fingerprint density at radius 3 is 2.26 bits per heavy atom. The average molecular weight is 473 g/mol. The fourth-order valence-corrected chi connectivity index (χ4v) is 3.75. The highest BCUT2D eigenvalue weighted by Crippen LogP contribution is 2.26. The van der Waals surface area contributed by atoms with Crippen LogP contribution < -0.4 is 10.3 Å². The van der Waals surface area contributed by atoms with Gasteiger partial charge in [-0.3, -0.25) is 9.36 Å². The van der Waals surface area contributed by atoms with Crippen LogP contribution in [0.1, 0.15) is 0 Å². The van der Waals surface area contributed by atoms with Gasteiger partial charge in [0, 0.05) is 10.0 Å². The lowest BCUT2D eigenvalue weighted by Crippen LogP contribution is -2.22. The first kappa shape index (κ1) is 19.3. The van der Waals surface area contributed by atoms with Crippen molar-refractivity contribution in [1.29, 1.82) is 0 Å². The van der Waals surface area contributed by atoms with E-state index in [-0.39, 0.29) is 5.56 Å². The molecule has 0 amide bonds. The summed E-state index contributed by atoms with van der Waals surface area (Å²) in [6.07, 6.45) is 1.57. The summed E-state index contributed by atoms with van der Waals surface area (Å²) in [6.45, 7) is 0. The van der Waals surface area contributed by atoms with Gasteiger partial charge in [-0.15, -0.1) is 0 Å². The SMILES string of the molecule is COc1ccc(-c2nc3c(cnn3-c3ccccc3)c(=O)n2-c2ccc(Br)cc2)cc1. The quantitative estimate of drug-likeness (QED) is 0.368. The maximum absolute atomic E-state index is 13.6. The molecule has 31 heavy (non-hydrogen) atoms.